The van der Waals surface area contributed by atoms with Crippen molar-refractivity contribution in [3.8, 4) is 44.9 Å². The van der Waals surface area contributed by atoms with Crippen LogP contribution in [0.25, 0.3) is 33.4 Å². The molecule has 4 aromatic carbocycles. The first-order valence-electron chi connectivity index (χ1n) is 16.6. The molecule has 0 N–H and O–H groups in total. The third-order valence-corrected chi connectivity index (χ3v) is 12.9. The molecule has 3 aliphatic carbocycles. The molecule has 2 heteroatoms. The zero-order valence-corrected chi connectivity index (χ0v) is 26.1. The van der Waals surface area contributed by atoms with Crippen molar-refractivity contribution in [2.45, 2.75) is 108 Å². The number of hydrogen-bond acceptors (Lipinski definition) is 2. The minimum absolute atomic E-state index is 0.0852. The van der Waals surface area contributed by atoms with Crippen molar-refractivity contribution in [3.63, 3.8) is 0 Å². The van der Waals surface area contributed by atoms with Gasteiger partial charge in [0.25, 0.3) is 0 Å². The maximum absolute atomic E-state index is 6.63. The maximum Gasteiger partial charge on any atom is 0.124 e. The Hall–Kier alpha value is -3.52. The van der Waals surface area contributed by atoms with Gasteiger partial charge in [-0.1, -0.05) is 63.1 Å². The second kappa shape index (κ2) is 8.56. The van der Waals surface area contributed by atoms with Crippen molar-refractivity contribution >= 4 is 0 Å². The minimum Gasteiger partial charge on any atom is -0.486 e. The van der Waals surface area contributed by atoms with Crippen LogP contribution in [-0.4, -0.2) is 11.2 Å². The van der Waals surface area contributed by atoms with Gasteiger partial charge in [0.2, 0.25) is 0 Å². The number of benzene rings is 4. The van der Waals surface area contributed by atoms with E-state index in [-0.39, 0.29) is 22.0 Å². The summed E-state index contributed by atoms with van der Waals surface area (Å²) >= 11 is 0. The molecule has 0 radical (unpaired) electrons. The van der Waals surface area contributed by atoms with Gasteiger partial charge >= 0.3 is 0 Å². The van der Waals surface area contributed by atoms with Gasteiger partial charge in [0, 0.05) is 22.0 Å². The molecule has 0 bridgehead atoms. The van der Waals surface area contributed by atoms with Gasteiger partial charge in [-0.25, -0.2) is 0 Å². The predicted octanol–water partition coefficient (Wildman–Crippen LogP) is 10.6. The summed E-state index contributed by atoms with van der Waals surface area (Å²) in [6.07, 6.45) is 10.8. The number of ether oxygens (including phenoxy) is 2. The molecule has 0 spiro atoms. The Morgan fingerprint density at radius 2 is 0.860 bits per heavy atom. The van der Waals surface area contributed by atoms with Gasteiger partial charge in [-0.05, 0) is 140 Å². The van der Waals surface area contributed by atoms with Crippen molar-refractivity contribution in [3.05, 3.63) is 95.1 Å². The standard InChI is InChI=1S/C41H42O2/c1-38-17-5-7-19-40(38,3)42-36-15-13-28(24-34(36)38)26-9-11-30-21-31-12-10-27(23-33(31)32(30)22-26)29-14-16-37-35(25-29)39(2)18-6-8-20-41(39,4)43-37/h9-16,22-25H,5-8,17-21H2,1-4H3. The molecule has 5 aliphatic rings. The summed E-state index contributed by atoms with van der Waals surface area (Å²) in [7, 11) is 0. The molecular formula is C41H42O2. The van der Waals surface area contributed by atoms with Crippen LogP contribution in [0.3, 0.4) is 0 Å². The average Bonchev–Trinajstić information content (AvgIpc) is 3.58. The molecule has 2 aliphatic heterocycles. The Balaban J connectivity index is 1.09. The number of rotatable bonds is 2. The van der Waals surface area contributed by atoms with Crippen LogP contribution in [0.1, 0.15) is 101 Å². The van der Waals surface area contributed by atoms with Gasteiger partial charge in [0.05, 0.1) is 0 Å². The Morgan fingerprint density at radius 1 is 0.465 bits per heavy atom. The van der Waals surface area contributed by atoms with E-state index in [1.807, 2.05) is 0 Å². The first kappa shape index (κ1) is 25.9. The average molecular weight is 567 g/mol. The van der Waals surface area contributed by atoms with Crippen LogP contribution in [0.2, 0.25) is 0 Å². The van der Waals surface area contributed by atoms with Crippen LogP contribution < -0.4 is 9.47 Å². The monoisotopic (exact) mass is 566 g/mol. The third kappa shape index (κ3) is 3.41. The highest BCUT2D eigenvalue weighted by Gasteiger charge is 2.56. The molecule has 0 aromatic heterocycles. The Bertz CT molecular complexity index is 1700. The van der Waals surface area contributed by atoms with Gasteiger partial charge in [-0.15, -0.1) is 0 Å². The highest BCUT2D eigenvalue weighted by molar-refractivity contribution is 5.85. The van der Waals surface area contributed by atoms with Crippen LogP contribution in [0.4, 0.5) is 0 Å². The lowest BCUT2D eigenvalue weighted by atomic mass is 9.63. The molecule has 0 saturated heterocycles. The molecule has 0 amide bonds. The first-order chi connectivity index (χ1) is 20.7. The molecule has 2 saturated carbocycles. The first-order valence-corrected chi connectivity index (χ1v) is 16.6. The molecular weight excluding hydrogens is 524 g/mol. The quantitative estimate of drug-likeness (QED) is 0.212. The Labute approximate surface area is 256 Å². The zero-order chi connectivity index (χ0) is 29.2. The lowest BCUT2D eigenvalue weighted by Gasteiger charge is -2.43. The summed E-state index contributed by atoms with van der Waals surface area (Å²) in [5, 5.41) is 0. The SMILES string of the molecule is CC12CCCCC1(C)c1cc(-c3ccc4c(c3)-c3cc(-c5ccc6c(c5)C5(C)CCCCC5(C)O6)ccc3C4)ccc1O2. The maximum atomic E-state index is 6.63. The summed E-state index contributed by atoms with van der Waals surface area (Å²) < 4.78 is 13.3. The van der Waals surface area contributed by atoms with E-state index in [0.717, 1.165) is 30.8 Å². The van der Waals surface area contributed by atoms with Gasteiger partial charge in [-0.2, -0.15) is 0 Å². The Kier molecular flexibility index (Phi) is 5.16. The molecule has 2 fully saturated rings. The molecule has 4 aromatic rings. The molecule has 9 rings (SSSR count). The fraction of sp³-hybridized carbons (Fsp3) is 0.415. The lowest BCUT2D eigenvalue weighted by Crippen LogP contribution is -2.49. The van der Waals surface area contributed by atoms with E-state index in [9.17, 15) is 0 Å². The van der Waals surface area contributed by atoms with E-state index < -0.39 is 0 Å². The number of hydrogen-bond donors (Lipinski definition) is 0. The van der Waals surface area contributed by atoms with Crippen molar-refractivity contribution in [1.82, 2.24) is 0 Å². The topological polar surface area (TPSA) is 18.5 Å². The third-order valence-electron chi connectivity index (χ3n) is 12.9. The fourth-order valence-corrected chi connectivity index (χ4v) is 9.60. The van der Waals surface area contributed by atoms with Crippen LogP contribution in [0.15, 0.2) is 72.8 Å². The van der Waals surface area contributed by atoms with Gasteiger partial charge in [0.1, 0.15) is 22.7 Å². The highest BCUT2D eigenvalue weighted by atomic mass is 16.5. The predicted molar refractivity (Wildman–Crippen MR) is 175 cm³/mol. The van der Waals surface area contributed by atoms with Crippen LogP contribution in [-0.2, 0) is 17.3 Å². The van der Waals surface area contributed by atoms with Crippen LogP contribution in [0.5, 0.6) is 11.5 Å². The number of fused-ring (bicyclic) bond motifs is 9. The molecule has 2 heterocycles. The molecule has 4 unspecified atom stereocenters. The van der Waals surface area contributed by atoms with Gasteiger partial charge in [-0.3, -0.25) is 0 Å². The van der Waals surface area contributed by atoms with Gasteiger partial charge < -0.3 is 9.47 Å². The van der Waals surface area contributed by atoms with E-state index >= 15 is 0 Å². The normalized spacial score (nSPS) is 31.2. The smallest absolute Gasteiger partial charge is 0.124 e. The summed E-state index contributed by atoms with van der Waals surface area (Å²) in [5.74, 6) is 2.18. The lowest BCUT2D eigenvalue weighted by molar-refractivity contribution is 0.00727. The molecule has 43 heavy (non-hydrogen) atoms. The Morgan fingerprint density at radius 3 is 1.33 bits per heavy atom. The van der Waals surface area contributed by atoms with E-state index in [1.165, 1.54) is 94.2 Å². The van der Waals surface area contributed by atoms with Gasteiger partial charge in [0.15, 0.2) is 0 Å². The fourth-order valence-electron chi connectivity index (χ4n) is 9.60. The second-order valence-corrected chi connectivity index (χ2v) is 15.1. The molecule has 4 atom stereocenters. The molecule has 218 valence electrons. The van der Waals surface area contributed by atoms with Crippen molar-refractivity contribution in [1.29, 1.82) is 0 Å². The second-order valence-electron chi connectivity index (χ2n) is 15.1. The summed E-state index contributed by atoms with van der Waals surface area (Å²) in [5.41, 5.74) is 13.6. The van der Waals surface area contributed by atoms with E-state index in [2.05, 4.69) is 100 Å². The molecule has 2 nitrogen and oxygen atoms in total. The van der Waals surface area contributed by atoms with Crippen molar-refractivity contribution in [2.75, 3.05) is 0 Å². The van der Waals surface area contributed by atoms with Crippen LogP contribution in [0, 0.1) is 0 Å². The largest absolute Gasteiger partial charge is 0.486 e. The van der Waals surface area contributed by atoms with E-state index in [4.69, 9.17) is 9.47 Å². The van der Waals surface area contributed by atoms with Crippen molar-refractivity contribution in [2.24, 2.45) is 0 Å². The minimum atomic E-state index is -0.0871. The summed E-state index contributed by atoms with van der Waals surface area (Å²) in [4.78, 5) is 0. The summed E-state index contributed by atoms with van der Waals surface area (Å²) in [6, 6.07) is 28.1. The van der Waals surface area contributed by atoms with E-state index in [1.54, 1.807) is 0 Å². The van der Waals surface area contributed by atoms with Crippen molar-refractivity contribution < 1.29 is 9.47 Å². The highest BCUT2D eigenvalue weighted by Crippen LogP contribution is 2.58. The van der Waals surface area contributed by atoms with Crippen LogP contribution >= 0.6 is 0 Å². The summed E-state index contributed by atoms with van der Waals surface area (Å²) in [6.45, 7) is 9.53. The zero-order valence-electron chi connectivity index (χ0n) is 26.1. The van der Waals surface area contributed by atoms with E-state index in [0.29, 0.717) is 0 Å².